The van der Waals surface area contributed by atoms with Crippen LogP contribution in [0.1, 0.15) is 22.3 Å². The molecule has 0 fully saturated rings. The van der Waals surface area contributed by atoms with Crippen LogP contribution < -0.4 is 0 Å². The Morgan fingerprint density at radius 3 is 2.54 bits per heavy atom. The molecule has 9 heteroatoms. The van der Waals surface area contributed by atoms with Gasteiger partial charge in [0.05, 0.1) is 12.1 Å². The van der Waals surface area contributed by atoms with Crippen LogP contribution in [0.25, 0.3) is 0 Å². The summed E-state index contributed by atoms with van der Waals surface area (Å²) in [7, 11) is 0. The second-order valence-electron chi connectivity index (χ2n) is 5.68. The van der Waals surface area contributed by atoms with Gasteiger partial charge in [-0.3, -0.25) is 4.79 Å². The number of carbonyl (C=O) groups is 1. The summed E-state index contributed by atoms with van der Waals surface area (Å²) in [5, 5.41) is 14.4. The van der Waals surface area contributed by atoms with E-state index in [4.69, 9.17) is 11.6 Å². The molecule has 1 aliphatic heterocycles. The molecule has 1 aliphatic rings. The van der Waals surface area contributed by atoms with Crippen molar-refractivity contribution in [3.05, 3.63) is 69.2 Å². The molecule has 2 aromatic carbocycles. The number of hydrazone groups is 1. The number of amides is 1. The molecule has 2 aromatic rings. The van der Waals surface area contributed by atoms with E-state index in [1.165, 1.54) is 24.3 Å². The summed E-state index contributed by atoms with van der Waals surface area (Å²) >= 11 is 9.03. The van der Waals surface area contributed by atoms with Crippen molar-refractivity contribution in [1.29, 1.82) is 0 Å². The number of hydrogen-bond donors (Lipinski definition) is 1. The fraction of sp³-hybridized carbons (Fsp3) is 0.176. The highest BCUT2D eigenvalue weighted by molar-refractivity contribution is 9.10. The minimum Gasteiger partial charge on any atom is -0.362 e. The number of hydrogen-bond acceptors (Lipinski definition) is 3. The number of aliphatic hydroxyl groups is 1. The first-order chi connectivity index (χ1) is 12.1. The van der Waals surface area contributed by atoms with E-state index in [1.807, 2.05) is 0 Å². The predicted octanol–water partition coefficient (Wildman–Crippen LogP) is 4.60. The van der Waals surface area contributed by atoms with Gasteiger partial charge in [0.1, 0.15) is 0 Å². The second kappa shape index (κ2) is 6.68. The van der Waals surface area contributed by atoms with Crippen molar-refractivity contribution in [3.8, 4) is 0 Å². The number of carbonyl (C=O) groups excluding carboxylic acids is 1. The molecule has 0 bridgehead atoms. The number of benzene rings is 2. The standard InChI is InChI=1S/C17H11BrClF3N2O2/c18-12-5-1-3-10(7-12)14-9-16(26,17(20,21)22)24(23-14)15(25)11-4-2-6-13(19)8-11/h1-8,26H,9H2/t16-/m1/s1. The quantitative estimate of drug-likeness (QED) is 0.731. The molecule has 3 rings (SSSR count). The van der Waals surface area contributed by atoms with Crippen molar-refractivity contribution in [2.24, 2.45) is 5.10 Å². The lowest BCUT2D eigenvalue weighted by Gasteiger charge is -2.32. The Morgan fingerprint density at radius 2 is 1.92 bits per heavy atom. The van der Waals surface area contributed by atoms with E-state index < -0.39 is 24.2 Å². The molecule has 1 N–H and O–H groups in total. The van der Waals surface area contributed by atoms with Gasteiger partial charge in [-0.2, -0.15) is 23.3 Å². The summed E-state index contributed by atoms with van der Waals surface area (Å²) in [5.74, 6) is -1.10. The molecule has 136 valence electrons. The van der Waals surface area contributed by atoms with E-state index in [1.54, 1.807) is 24.3 Å². The Morgan fingerprint density at radius 1 is 1.23 bits per heavy atom. The summed E-state index contributed by atoms with van der Waals surface area (Å²) in [5.41, 5.74) is -3.24. The van der Waals surface area contributed by atoms with Crippen LogP contribution in [-0.2, 0) is 0 Å². The Bertz CT molecular complexity index is 904. The Balaban J connectivity index is 2.07. The summed E-state index contributed by atoms with van der Waals surface area (Å²) in [6.45, 7) is 0. The largest absolute Gasteiger partial charge is 0.438 e. The highest BCUT2D eigenvalue weighted by atomic mass is 79.9. The summed E-state index contributed by atoms with van der Waals surface area (Å²) in [4.78, 5) is 12.6. The van der Waals surface area contributed by atoms with Crippen LogP contribution in [0.5, 0.6) is 0 Å². The van der Waals surface area contributed by atoms with Gasteiger partial charge in [-0.25, -0.2) is 0 Å². The molecule has 0 aliphatic carbocycles. The third-order valence-corrected chi connectivity index (χ3v) is 4.59. The summed E-state index contributed by atoms with van der Waals surface area (Å²) in [6, 6.07) is 11.9. The second-order valence-corrected chi connectivity index (χ2v) is 7.03. The zero-order valence-corrected chi connectivity index (χ0v) is 15.3. The van der Waals surface area contributed by atoms with Crippen LogP contribution in [0.4, 0.5) is 13.2 Å². The fourth-order valence-corrected chi connectivity index (χ4v) is 3.14. The maximum atomic E-state index is 13.6. The molecule has 0 saturated carbocycles. The van der Waals surface area contributed by atoms with E-state index in [2.05, 4.69) is 21.0 Å². The van der Waals surface area contributed by atoms with Crippen molar-refractivity contribution < 1.29 is 23.1 Å². The highest BCUT2D eigenvalue weighted by Gasteiger charge is 2.63. The molecule has 4 nitrogen and oxygen atoms in total. The van der Waals surface area contributed by atoms with Gasteiger partial charge in [0.2, 0.25) is 0 Å². The van der Waals surface area contributed by atoms with Crippen molar-refractivity contribution in [2.75, 3.05) is 0 Å². The fourth-order valence-electron chi connectivity index (χ4n) is 2.55. The molecule has 0 saturated heterocycles. The lowest BCUT2D eigenvalue weighted by Crippen LogP contribution is -2.56. The minimum absolute atomic E-state index is 0.0542. The zero-order chi connectivity index (χ0) is 19.1. The van der Waals surface area contributed by atoms with Crippen LogP contribution >= 0.6 is 27.5 Å². The monoisotopic (exact) mass is 446 g/mol. The SMILES string of the molecule is O=C(c1cccc(Cl)c1)N1N=C(c2cccc(Br)c2)C[C@@]1(O)C(F)(F)F. The molecule has 0 unspecified atom stereocenters. The van der Waals surface area contributed by atoms with Crippen LogP contribution in [-0.4, -0.2) is 33.6 Å². The molecular formula is C17H11BrClF3N2O2. The smallest absolute Gasteiger partial charge is 0.362 e. The van der Waals surface area contributed by atoms with Crippen molar-refractivity contribution >= 4 is 39.1 Å². The Labute approximate surface area is 160 Å². The van der Waals surface area contributed by atoms with Gasteiger partial charge in [-0.1, -0.05) is 45.7 Å². The predicted molar refractivity (Wildman–Crippen MR) is 93.9 cm³/mol. The van der Waals surface area contributed by atoms with Gasteiger partial charge < -0.3 is 5.11 Å². The maximum Gasteiger partial charge on any atom is 0.438 e. The van der Waals surface area contributed by atoms with E-state index in [9.17, 15) is 23.1 Å². The van der Waals surface area contributed by atoms with E-state index in [0.717, 1.165) is 0 Å². The van der Waals surface area contributed by atoms with Gasteiger partial charge >= 0.3 is 6.18 Å². The molecule has 0 radical (unpaired) electrons. The van der Waals surface area contributed by atoms with Crippen LogP contribution in [0.2, 0.25) is 5.02 Å². The molecule has 0 aromatic heterocycles. The van der Waals surface area contributed by atoms with Gasteiger partial charge in [-0.15, -0.1) is 0 Å². The lowest BCUT2D eigenvalue weighted by molar-refractivity contribution is -0.297. The number of alkyl halides is 3. The van der Waals surface area contributed by atoms with E-state index in [0.29, 0.717) is 10.0 Å². The molecule has 1 amide bonds. The molecule has 1 heterocycles. The van der Waals surface area contributed by atoms with Crippen molar-refractivity contribution in [3.63, 3.8) is 0 Å². The summed E-state index contributed by atoms with van der Waals surface area (Å²) in [6.07, 6.45) is -5.97. The first-order valence-electron chi connectivity index (χ1n) is 7.34. The zero-order valence-electron chi connectivity index (χ0n) is 13.0. The van der Waals surface area contributed by atoms with E-state index in [-0.39, 0.29) is 21.3 Å². The van der Waals surface area contributed by atoms with Gasteiger partial charge in [0.25, 0.3) is 11.6 Å². The average Bonchev–Trinajstić information content (AvgIpc) is 2.93. The number of halogens is 5. The summed E-state index contributed by atoms with van der Waals surface area (Å²) < 4.78 is 41.3. The average molecular weight is 448 g/mol. The first-order valence-corrected chi connectivity index (χ1v) is 8.51. The molecule has 0 spiro atoms. The van der Waals surface area contributed by atoms with Gasteiger partial charge in [-0.05, 0) is 35.9 Å². The Kier molecular flexibility index (Phi) is 4.85. The number of rotatable bonds is 2. The van der Waals surface area contributed by atoms with Gasteiger partial charge in [0.15, 0.2) is 0 Å². The van der Waals surface area contributed by atoms with Crippen LogP contribution in [0, 0.1) is 0 Å². The van der Waals surface area contributed by atoms with Crippen molar-refractivity contribution in [1.82, 2.24) is 5.01 Å². The topological polar surface area (TPSA) is 52.9 Å². The molecular weight excluding hydrogens is 437 g/mol. The highest BCUT2D eigenvalue weighted by Crippen LogP contribution is 2.42. The number of nitrogens with zero attached hydrogens (tertiary/aromatic N) is 2. The third kappa shape index (κ3) is 3.36. The first kappa shape index (κ1) is 18.9. The maximum absolute atomic E-state index is 13.6. The molecule has 26 heavy (non-hydrogen) atoms. The molecule has 1 atom stereocenters. The Hall–Kier alpha value is -1.90. The van der Waals surface area contributed by atoms with E-state index >= 15 is 0 Å². The van der Waals surface area contributed by atoms with Crippen LogP contribution in [0.15, 0.2) is 58.1 Å². The minimum atomic E-state index is -5.10. The normalized spacial score (nSPS) is 20.2. The van der Waals surface area contributed by atoms with Crippen LogP contribution in [0.3, 0.4) is 0 Å². The lowest BCUT2D eigenvalue weighted by atomic mass is 10.0. The third-order valence-electron chi connectivity index (χ3n) is 3.86. The van der Waals surface area contributed by atoms with Gasteiger partial charge in [0, 0.05) is 15.1 Å². The van der Waals surface area contributed by atoms with Crippen molar-refractivity contribution in [2.45, 2.75) is 18.3 Å².